The highest BCUT2D eigenvalue weighted by Gasteiger charge is 2.25. The normalized spacial score (nSPS) is 17.6. The van der Waals surface area contributed by atoms with Crippen LogP contribution in [0.2, 0.25) is 0 Å². The van der Waals surface area contributed by atoms with Gasteiger partial charge in [-0.2, -0.15) is 0 Å². The number of amides is 2. The zero-order chi connectivity index (χ0) is 16.2. The standard InChI is InChI=1S/C18H25N3O2/c1-2-17(22)19-14-7-8-16(20-9-3-4-10-20)15(13-14)18(23)21-11-5-6-12-21/h7-8,13H,2-6,9-12H2,1H3,(H,19,22). The van der Waals surface area contributed by atoms with Gasteiger partial charge in [0.25, 0.3) is 5.91 Å². The molecule has 23 heavy (non-hydrogen) atoms. The quantitative estimate of drug-likeness (QED) is 0.929. The summed E-state index contributed by atoms with van der Waals surface area (Å²) in [6.45, 7) is 5.50. The van der Waals surface area contributed by atoms with E-state index in [-0.39, 0.29) is 11.8 Å². The van der Waals surface area contributed by atoms with Gasteiger partial charge in [-0.3, -0.25) is 9.59 Å². The van der Waals surface area contributed by atoms with E-state index in [0.717, 1.165) is 50.3 Å². The van der Waals surface area contributed by atoms with Crippen LogP contribution in [0.1, 0.15) is 49.4 Å². The van der Waals surface area contributed by atoms with E-state index in [4.69, 9.17) is 0 Å². The molecule has 2 aliphatic rings. The van der Waals surface area contributed by atoms with Gasteiger partial charge in [-0.1, -0.05) is 6.92 Å². The molecule has 0 saturated carbocycles. The number of rotatable bonds is 4. The zero-order valence-electron chi connectivity index (χ0n) is 13.8. The third-order valence-electron chi connectivity index (χ3n) is 4.67. The minimum absolute atomic E-state index is 0.0292. The minimum atomic E-state index is -0.0292. The lowest BCUT2D eigenvalue weighted by Crippen LogP contribution is -2.30. The average molecular weight is 315 g/mol. The van der Waals surface area contributed by atoms with Gasteiger partial charge < -0.3 is 15.1 Å². The fourth-order valence-corrected chi connectivity index (χ4v) is 3.36. The van der Waals surface area contributed by atoms with Crippen LogP contribution in [-0.4, -0.2) is 42.9 Å². The maximum absolute atomic E-state index is 12.9. The van der Waals surface area contributed by atoms with Crippen LogP contribution in [0.4, 0.5) is 11.4 Å². The first-order chi connectivity index (χ1) is 11.2. The van der Waals surface area contributed by atoms with Crippen molar-refractivity contribution in [2.75, 3.05) is 36.4 Å². The fraction of sp³-hybridized carbons (Fsp3) is 0.556. The summed E-state index contributed by atoms with van der Waals surface area (Å²) in [5.41, 5.74) is 2.44. The maximum atomic E-state index is 12.9. The number of benzene rings is 1. The summed E-state index contributed by atoms with van der Waals surface area (Å²) < 4.78 is 0. The third kappa shape index (κ3) is 3.49. The number of carbonyl (C=O) groups excluding carboxylic acids is 2. The molecule has 1 N–H and O–H groups in total. The Hall–Kier alpha value is -2.04. The molecule has 0 aliphatic carbocycles. The number of nitrogens with zero attached hydrogens (tertiary/aromatic N) is 2. The van der Waals surface area contributed by atoms with Gasteiger partial charge in [-0.25, -0.2) is 0 Å². The Kier molecular flexibility index (Phi) is 4.84. The van der Waals surface area contributed by atoms with Crippen molar-refractivity contribution < 1.29 is 9.59 Å². The highest BCUT2D eigenvalue weighted by molar-refractivity contribution is 6.02. The third-order valence-corrected chi connectivity index (χ3v) is 4.67. The molecule has 2 saturated heterocycles. The molecule has 0 radical (unpaired) electrons. The molecule has 0 atom stereocenters. The monoisotopic (exact) mass is 315 g/mol. The molecular weight excluding hydrogens is 290 g/mol. The predicted octanol–water partition coefficient (Wildman–Crippen LogP) is 2.87. The first-order valence-corrected chi connectivity index (χ1v) is 8.67. The molecule has 0 bridgehead atoms. The van der Waals surface area contributed by atoms with Crippen LogP contribution in [0.5, 0.6) is 0 Å². The van der Waals surface area contributed by atoms with Gasteiger partial charge in [0, 0.05) is 44.0 Å². The van der Waals surface area contributed by atoms with Gasteiger partial charge in [0.15, 0.2) is 0 Å². The Morgan fingerprint density at radius 1 is 1.04 bits per heavy atom. The van der Waals surface area contributed by atoms with Crippen molar-refractivity contribution in [2.45, 2.75) is 39.0 Å². The minimum Gasteiger partial charge on any atom is -0.371 e. The highest BCUT2D eigenvalue weighted by atomic mass is 16.2. The van der Waals surface area contributed by atoms with E-state index in [1.807, 2.05) is 30.0 Å². The van der Waals surface area contributed by atoms with Crippen LogP contribution in [0.15, 0.2) is 18.2 Å². The largest absolute Gasteiger partial charge is 0.371 e. The van der Waals surface area contributed by atoms with E-state index >= 15 is 0 Å². The first kappa shape index (κ1) is 15.8. The summed E-state index contributed by atoms with van der Waals surface area (Å²) in [6, 6.07) is 5.74. The molecule has 2 heterocycles. The Labute approximate surface area is 137 Å². The maximum Gasteiger partial charge on any atom is 0.256 e. The van der Waals surface area contributed by atoms with Gasteiger partial charge in [0.1, 0.15) is 0 Å². The van der Waals surface area contributed by atoms with Crippen molar-refractivity contribution in [1.29, 1.82) is 0 Å². The lowest BCUT2D eigenvalue weighted by molar-refractivity contribution is -0.115. The molecule has 2 fully saturated rings. The topological polar surface area (TPSA) is 52.7 Å². The number of anilines is 2. The SMILES string of the molecule is CCC(=O)Nc1ccc(N2CCCC2)c(C(=O)N2CCCC2)c1. The molecule has 2 aliphatic heterocycles. The Morgan fingerprint density at radius 3 is 2.35 bits per heavy atom. The Morgan fingerprint density at radius 2 is 1.70 bits per heavy atom. The highest BCUT2D eigenvalue weighted by Crippen LogP contribution is 2.29. The molecule has 5 nitrogen and oxygen atoms in total. The van der Waals surface area contributed by atoms with Crippen LogP contribution in [0.25, 0.3) is 0 Å². The van der Waals surface area contributed by atoms with Gasteiger partial charge in [0.05, 0.1) is 5.56 Å². The number of hydrogen-bond donors (Lipinski definition) is 1. The summed E-state index contributed by atoms with van der Waals surface area (Å²) in [5, 5.41) is 2.87. The van der Waals surface area contributed by atoms with Crippen LogP contribution in [0, 0.1) is 0 Å². The summed E-state index contributed by atoms with van der Waals surface area (Å²) in [7, 11) is 0. The van der Waals surface area contributed by atoms with Crippen molar-refractivity contribution in [2.24, 2.45) is 0 Å². The molecule has 2 amide bonds. The summed E-state index contributed by atoms with van der Waals surface area (Å²) in [4.78, 5) is 28.8. The molecule has 5 heteroatoms. The van der Waals surface area contributed by atoms with E-state index in [1.165, 1.54) is 12.8 Å². The van der Waals surface area contributed by atoms with Crippen molar-refractivity contribution in [3.63, 3.8) is 0 Å². The molecule has 0 aromatic heterocycles. The van der Waals surface area contributed by atoms with Crippen LogP contribution >= 0.6 is 0 Å². The Bertz CT molecular complexity index is 588. The van der Waals surface area contributed by atoms with Crippen molar-refractivity contribution in [3.8, 4) is 0 Å². The van der Waals surface area contributed by atoms with Crippen molar-refractivity contribution in [1.82, 2.24) is 4.90 Å². The predicted molar refractivity (Wildman–Crippen MR) is 91.9 cm³/mol. The van der Waals surface area contributed by atoms with E-state index in [9.17, 15) is 9.59 Å². The summed E-state index contributed by atoms with van der Waals surface area (Å²) >= 11 is 0. The number of hydrogen-bond acceptors (Lipinski definition) is 3. The first-order valence-electron chi connectivity index (χ1n) is 8.67. The molecule has 1 aromatic rings. The Balaban J connectivity index is 1.91. The van der Waals surface area contributed by atoms with Gasteiger partial charge in [-0.15, -0.1) is 0 Å². The van der Waals surface area contributed by atoms with Gasteiger partial charge in [-0.05, 0) is 43.9 Å². The van der Waals surface area contributed by atoms with E-state index in [2.05, 4.69) is 10.2 Å². The van der Waals surface area contributed by atoms with Crippen LogP contribution in [0.3, 0.4) is 0 Å². The lowest BCUT2D eigenvalue weighted by atomic mass is 10.1. The molecule has 0 unspecified atom stereocenters. The number of likely N-dealkylation sites (tertiary alicyclic amines) is 1. The molecule has 0 spiro atoms. The molecule has 1 aromatic carbocycles. The average Bonchev–Trinajstić information content (AvgIpc) is 3.27. The molecular formula is C18H25N3O2. The smallest absolute Gasteiger partial charge is 0.256 e. The van der Waals surface area contributed by atoms with E-state index in [1.54, 1.807) is 0 Å². The summed E-state index contributed by atoms with van der Waals surface area (Å²) in [6.07, 6.45) is 4.94. The molecule has 3 rings (SSSR count). The van der Waals surface area contributed by atoms with Crippen molar-refractivity contribution in [3.05, 3.63) is 23.8 Å². The van der Waals surface area contributed by atoms with Crippen LogP contribution in [-0.2, 0) is 4.79 Å². The number of carbonyl (C=O) groups is 2. The second kappa shape index (κ2) is 7.02. The second-order valence-electron chi connectivity index (χ2n) is 6.33. The fourth-order valence-electron chi connectivity index (χ4n) is 3.36. The van der Waals surface area contributed by atoms with E-state index in [0.29, 0.717) is 12.1 Å². The summed E-state index contributed by atoms with van der Waals surface area (Å²) in [5.74, 6) is 0.0653. The van der Waals surface area contributed by atoms with Crippen molar-refractivity contribution >= 4 is 23.2 Å². The van der Waals surface area contributed by atoms with Gasteiger partial charge in [0.2, 0.25) is 5.91 Å². The molecule has 124 valence electrons. The van der Waals surface area contributed by atoms with Crippen LogP contribution < -0.4 is 10.2 Å². The zero-order valence-corrected chi connectivity index (χ0v) is 13.8. The number of nitrogens with one attached hydrogen (secondary N) is 1. The lowest BCUT2D eigenvalue weighted by Gasteiger charge is -2.24. The van der Waals surface area contributed by atoms with Gasteiger partial charge >= 0.3 is 0 Å². The second-order valence-corrected chi connectivity index (χ2v) is 6.33. The van der Waals surface area contributed by atoms with E-state index < -0.39 is 0 Å².